The molecule has 0 saturated heterocycles. The molecule has 1 atom stereocenters. The summed E-state index contributed by atoms with van der Waals surface area (Å²) in [7, 11) is 0. The average Bonchev–Trinajstić information content (AvgIpc) is 2.59. The van der Waals surface area contributed by atoms with E-state index in [1.165, 1.54) is 18.2 Å². The molecule has 0 heterocycles. The smallest absolute Gasteiger partial charge is 0.270 e. The molecule has 0 spiro atoms. The van der Waals surface area contributed by atoms with Crippen molar-refractivity contribution >= 4 is 40.7 Å². The summed E-state index contributed by atoms with van der Waals surface area (Å²) >= 11 is 11.9. The summed E-state index contributed by atoms with van der Waals surface area (Å²) in [6.07, 6.45) is 0. The lowest BCUT2D eigenvalue weighted by atomic mass is 10.1. The summed E-state index contributed by atoms with van der Waals surface area (Å²) in [5.41, 5.74) is 0.586. The molecule has 0 fully saturated rings. The highest BCUT2D eigenvalue weighted by Gasteiger charge is 2.15. The number of nitro groups is 1. The fourth-order valence-corrected chi connectivity index (χ4v) is 2.82. The van der Waals surface area contributed by atoms with Crippen LogP contribution in [0.3, 0.4) is 0 Å². The van der Waals surface area contributed by atoms with E-state index >= 15 is 0 Å². The first-order valence-electron chi connectivity index (χ1n) is 7.55. The lowest BCUT2D eigenvalue weighted by molar-refractivity contribution is -0.384. The fourth-order valence-electron chi connectivity index (χ4n) is 2.25. The maximum Gasteiger partial charge on any atom is 0.270 e. The van der Waals surface area contributed by atoms with E-state index in [2.05, 4.69) is 10.6 Å². The van der Waals surface area contributed by atoms with Crippen LogP contribution < -0.4 is 10.6 Å². The number of amides is 2. The van der Waals surface area contributed by atoms with Crippen LogP contribution in [-0.4, -0.2) is 23.3 Å². The van der Waals surface area contributed by atoms with Gasteiger partial charge in [-0.2, -0.15) is 0 Å². The molecule has 0 saturated carbocycles. The summed E-state index contributed by atoms with van der Waals surface area (Å²) in [4.78, 5) is 34.2. The minimum absolute atomic E-state index is 0.0980. The van der Waals surface area contributed by atoms with Crippen molar-refractivity contribution in [3.63, 3.8) is 0 Å². The second kappa shape index (κ2) is 8.64. The Morgan fingerprint density at radius 2 is 1.92 bits per heavy atom. The Morgan fingerprint density at radius 3 is 2.58 bits per heavy atom. The van der Waals surface area contributed by atoms with E-state index in [1.807, 2.05) is 0 Å². The number of rotatable bonds is 6. The van der Waals surface area contributed by atoms with E-state index in [0.29, 0.717) is 15.6 Å². The number of carbonyl (C=O) groups excluding carboxylic acids is 2. The van der Waals surface area contributed by atoms with Crippen molar-refractivity contribution in [3.8, 4) is 0 Å². The zero-order chi connectivity index (χ0) is 19.3. The Balaban J connectivity index is 1.92. The van der Waals surface area contributed by atoms with Gasteiger partial charge in [-0.05, 0) is 30.7 Å². The van der Waals surface area contributed by atoms with Gasteiger partial charge in [-0.15, -0.1) is 0 Å². The summed E-state index contributed by atoms with van der Waals surface area (Å²) in [5.74, 6) is -1.01. The molecule has 0 aliphatic rings. The van der Waals surface area contributed by atoms with Gasteiger partial charge < -0.3 is 10.6 Å². The molecule has 0 aliphatic heterocycles. The third-order valence-electron chi connectivity index (χ3n) is 3.54. The first kappa shape index (κ1) is 19.7. The zero-order valence-electron chi connectivity index (χ0n) is 13.7. The van der Waals surface area contributed by atoms with Gasteiger partial charge >= 0.3 is 0 Å². The Labute approximate surface area is 159 Å². The van der Waals surface area contributed by atoms with Gasteiger partial charge in [0.1, 0.15) is 0 Å². The van der Waals surface area contributed by atoms with Gasteiger partial charge in [-0.25, -0.2) is 0 Å². The number of nitrogens with zero attached hydrogens (tertiary/aromatic N) is 1. The molecule has 2 aromatic carbocycles. The van der Waals surface area contributed by atoms with Crippen LogP contribution >= 0.6 is 23.2 Å². The van der Waals surface area contributed by atoms with Gasteiger partial charge in [0.2, 0.25) is 5.91 Å². The largest absolute Gasteiger partial charge is 0.348 e. The van der Waals surface area contributed by atoms with Crippen molar-refractivity contribution in [1.82, 2.24) is 10.6 Å². The van der Waals surface area contributed by atoms with Gasteiger partial charge in [0.25, 0.3) is 11.6 Å². The van der Waals surface area contributed by atoms with Crippen LogP contribution in [-0.2, 0) is 4.79 Å². The van der Waals surface area contributed by atoms with E-state index in [9.17, 15) is 19.7 Å². The van der Waals surface area contributed by atoms with E-state index in [-0.39, 0.29) is 23.8 Å². The topological polar surface area (TPSA) is 101 Å². The predicted octanol–water partition coefficient (Wildman–Crippen LogP) is 3.51. The van der Waals surface area contributed by atoms with Gasteiger partial charge in [0.05, 0.1) is 17.5 Å². The van der Waals surface area contributed by atoms with Crippen LogP contribution in [0.1, 0.15) is 28.9 Å². The molecule has 9 heteroatoms. The molecule has 26 heavy (non-hydrogen) atoms. The number of nitrogens with one attached hydrogen (secondary N) is 2. The Kier molecular flexibility index (Phi) is 6.54. The molecule has 0 unspecified atom stereocenters. The summed E-state index contributed by atoms with van der Waals surface area (Å²) < 4.78 is 0. The van der Waals surface area contributed by atoms with Crippen molar-refractivity contribution in [3.05, 3.63) is 73.8 Å². The van der Waals surface area contributed by atoms with Gasteiger partial charge in [0.15, 0.2) is 0 Å². The van der Waals surface area contributed by atoms with E-state index in [4.69, 9.17) is 23.2 Å². The first-order valence-corrected chi connectivity index (χ1v) is 8.30. The second-order valence-corrected chi connectivity index (χ2v) is 6.29. The molecule has 0 aromatic heterocycles. The summed E-state index contributed by atoms with van der Waals surface area (Å²) in [6, 6.07) is 9.80. The normalized spacial score (nSPS) is 11.5. The molecule has 2 rings (SSSR count). The van der Waals surface area contributed by atoms with E-state index in [1.54, 1.807) is 25.1 Å². The quantitative estimate of drug-likeness (QED) is 0.576. The molecule has 0 bridgehead atoms. The highest BCUT2D eigenvalue weighted by atomic mass is 35.5. The van der Waals surface area contributed by atoms with Gasteiger partial charge in [0, 0.05) is 27.7 Å². The van der Waals surface area contributed by atoms with Crippen LogP contribution in [0.25, 0.3) is 0 Å². The van der Waals surface area contributed by atoms with Crippen LogP contribution in [0.2, 0.25) is 10.0 Å². The van der Waals surface area contributed by atoms with Crippen molar-refractivity contribution in [2.45, 2.75) is 13.0 Å². The molecule has 2 aromatic rings. The van der Waals surface area contributed by atoms with Crippen molar-refractivity contribution in [1.29, 1.82) is 0 Å². The molecule has 136 valence electrons. The van der Waals surface area contributed by atoms with Crippen molar-refractivity contribution in [2.75, 3.05) is 6.54 Å². The Hall–Kier alpha value is -2.64. The first-order chi connectivity index (χ1) is 12.3. The molecule has 0 radical (unpaired) electrons. The van der Waals surface area contributed by atoms with Crippen molar-refractivity contribution < 1.29 is 14.5 Å². The van der Waals surface area contributed by atoms with Gasteiger partial charge in [-0.3, -0.25) is 19.7 Å². The SMILES string of the molecule is C[C@H](NC(=O)CNC(=O)c1cccc([N+](=O)[O-])c1)c1ccc(Cl)cc1Cl. The second-order valence-electron chi connectivity index (χ2n) is 5.45. The van der Waals surface area contributed by atoms with Gasteiger partial charge in [-0.1, -0.05) is 35.3 Å². The molecular formula is C17H15Cl2N3O4. The highest BCUT2D eigenvalue weighted by molar-refractivity contribution is 6.35. The Bertz CT molecular complexity index is 858. The number of nitro benzene ring substituents is 1. The van der Waals surface area contributed by atoms with Crippen LogP contribution in [0.4, 0.5) is 5.69 Å². The summed E-state index contributed by atoms with van der Waals surface area (Å²) in [5, 5.41) is 16.8. The summed E-state index contributed by atoms with van der Waals surface area (Å²) in [6.45, 7) is 1.46. The zero-order valence-corrected chi connectivity index (χ0v) is 15.2. The number of non-ortho nitro benzene ring substituents is 1. The molecule has 7 nitrogen and oxygen atoms in total. The molecule has 0 aliphatic carbocycles. The van der Waals surface area contributed by atoms with E-state index < -0.39 is 16.7 Å². The standard InChI is InChI=1S/C17H15Cl2N3O4/c1-10(14-6-5-12(18)8-15(14)19)21-16(23)9-20-17(24)11-3-2-4-13(7-11)22(25)26/h2-8,10H,9H2,1H3,(H,20,24)(H,21,23)/t10-/m0/s1. The third-order valence-corrected chi connectivity index (χ3v) is 4.10. The minimum Gasteiger partial charge on any atom is -0.348 e. The fraction of sp³-hybridized carbons (Fsp3) is 0.176. The average molecular weight is 396 g/mol. The van der Waals surface area contributed by atoms with Crippen molar-refractivity contribution in [2.24, 2.45) is 0 Å². The highest BCUT2D eigenvalue weighted by Crippen LogP contribution is 2.25. The molecular weight excluding hydrogens is 381 g/mol. The number of hydrogen-bond donors (Lipinski definition) is 2. The number of carbonyl (C=O) groups is 2. The monoisotopic (exact) mass is 395 g/mol. The van der Waals surface area contributed by atoms with Crippen LogP contribution in [0, 0.1) is 10.1 Å². The number of halogens is 2. The maximum absolute atomic E-state index is 12.0. The minimum atomic E-state index is -0.596. The molecule has 2 amide bonds. The Morgan fingerprint density at radius 1 is 1.19 bits per heavy atom. The van der Waals surface area contributed by atoms with Crippen LogP contribution in [0.15, 0.2) is 42.5 Å². The predicted molar refractivity (Wildman–Crippen MR) is 98.4 cm³/mol. The molecule has 2 N–H and O–H groups in total. The number of hydrogen-bond acceptors (Lipinski definition) is 4. The third kappa shape index (κ3) is 5.18. The lowest BCUT2D eigenvalue weighted by Gasteiger charge is -2.16. The lowest BCUT2D eigenvalue weighted by Crippen LogP contribution is -2.38. The maximum atomic E-state index is 12.0. The van der Waals surface area contributed by atoms with Crippen LogP contribution in [0.5, 0.6) is 0 Å². The number of benzene rings is 2. The van der Waals surface area contributed by atoms with E-state index in [0.717, 1.165) is 6.07 Å².